The van der Waals surface area contributed by atoms with Crippen LogP contribution in [0.15, 0.2) is 0 Å². The second kappa shape index (κ2) is 5.11. The van der Waals surface area contributed by atoms with Crippen molar-refractivity contribution in [1.29, 1.82) is 0 Å². The van der Waals surface area contributed by atoms with Gasteiger partial charge in [-0.15, -0.1) is 0 Å². The third-order valence-electron chi connectivity index (χ3n) is 2.63. The van der Waals surface area contributed by atoms with Gasteiger partial charge in [-0.2, -0.15) is 0 Å². The van der Waals surface area contributed by atoms with Crippen LogP contribution < -0.4 is 0 Å². The van der Waals surface area contributed by atoms with Crippen LogP contribution in [0.3, 0.4) is 0 Å². The van der Waals surface area contributed by atoms with E-state index in [2.05, 4.69) is 0 Å². The Morgan fingerprint density at radius 2 is 2.13 bits per heavy atom. The van der Waals surface area contributed by atoms with Crippen molar-refractivity contribution in [3.8, 4) is 0 Å². The number of amides is 1. The van der Waals surface area contributed by atoms with Crippen molar-refractivity contribution in [2.75, 3.05) is 34.3 Å². The van der Waals surface area contributed by atoms with Crippen molar-refractivity contribution >= 4 is 11.9 Å². The number of carbonyl (C=O) groups is 2. The van der Waals surface area contributed by atoms with Gasteiger partial charge in [0.2, 0.25) is 0 Å². The molecule has 1 amide bonds. The SMILES string of the molecule is CN(C)C(=O)COC(=O)[C@H]1CCCN1C. The number of nitrogens with zero attached hydrogens (tertiary/aromatic N) is 2. The maximum atomic E-state index is 11.5. The van der Waals surface area contributed by atoms with Crippen LogP contribution in [0.1, 0.15) is 12.8 Å². The van der Waals surface area contributed by atoms with Crippen LogP contribution in [0.5, 0.6) is 0 Å². The molecule has 0 aromatic rings. The van der Waals surface area contributed by atoms with Crippen molar-refractivity contribution < 1.29 is 14.3 Å². The molecule has 0 aromatic carbocycles. The first-order valence-electron chi connectivity index (χ1n) is 5.09. The highest BCUT2D eigenvalue weighted by atomic mass is 16.5. The number of ether oxygens (including phenoxy) is 1. The summed E-state index contributed by atoms with van der Waals surface area (Å²) in [6.45, 7) is 0.761. The third kappa shape index (κ3) is 3.20. The highest BCUT2D eigenvalue weighted by Crippen LogP contribution is 2.15. The lowest BCUT2D eigenvalue weighted by atomic mass is 10.2. The summed E-state index contributed by atoms with van der Waals surface area (Å²) in [5, 5.41) is 0. The lowest BCUT2D eigenvalue weighted by Gasteiger charge is -2.18. The number of carbonyl (C=O) groups excluding carboxylic acids is 2. The minimum absolute atomic E-state index is 0.157. The number of hydrogen-bond acceptors (Lipinski definition) is 4. The van der Waals surface area contributed by atoms with Crippen LogP contribution in [0.25, 0.3) is 0 Å². The van der Waals surface area contributed by atoms with Crippen molar-refractivity contribution in [1.82, 2.24) is 9.80 Å². The second-order valence-electron chi connectivity index (χ2n) is 4.03. The molecule has 86 valence electrons. The average Bonchev–Trinajstić information content (AvgIpc) is 2.60. The summed E-state index contributed by atoms with van der Waals surface area (Å²) in [5.74, 6) is -0.478. The molecule has 1 aliphatic rings. The van der Waals surface area contributed by atoms with Crippen LogP contribution in [-0.4, -0.2) is 62.0 Å². The number of likely N-dealkylation sites (tertiary alicyclic amines) is 1. The van der Waals surface area contributed by atoms with Crippen molar-refractivity contribution in [3.05, 3.63) is 0 Å². The Hall–Kier alpha value is -1.10. The van der Waals surface area contributed by atoms with Crippen LogP contribution in [0.2, 0.25) is 0 Å². The van der Waals surface area contributed by atoms with E-state index in [-0.39, 0.29) is 24.5 Å². The van der Waals surface area contributed by atoms with Gasteiger partial charge in [0.15, 0.2) is 6.61 Å². The Bertz CT molecular complexity index is 253. The van der Waals surface area contributed by atoms with Gasteiger partial charge in [-0.3, -0.25) is 14.5 Å². The van der Waals surface area contributed by atoms with E-state index in [1.807, 2.05) is 11.9 Å². The van der Waals surface area contributed by atoms with Gasteiger partial charge in [0.05, 0.1) is 0 Å². The zero-order valence-corrected chi connectivity index (χ0v) is 9.52. The Morgan fingerprint density at radius 1 is 1.47 bits per heavy atom. The fourth-order valence-corrected chi connectivity index (χ4v) is 1.57. The molecule has 0 bridgehead atoms. The first-order valence-corrected chi connectivity index (χ1v) is 5.09. The van der Waals surface area contributed by atoms with Gasteiger partial charge in [0, 0.05) is 14.1 Å². The molecule has 5 nitrogen and oxygen atoms in total. The molecule has 0 radical (unpaired) electrons. The van der Waals surface area contributed by atoms with Crippen LogP contribution in [-0.2, 0) is 14.3 Å². The topological polar surface area (TPSA) is 49.9 Å². The molecule has 15 heavy (non-hydrogen) atoms. The van der Waals surface area contributed by atoms with Crippen LogP contribution >= 0.6 is 0 Å². The Kier molecular flexibility index (Phi) is 4.08. The highest BCUT2D eigenvalue weighted by Gasteiger charge is 2.29. The smallest absolute Gasteiger partial charge is 0.323 e. The predicted molar refractivity (Wildman–Crippen MR) is 55.3 cm³/mol. The predicted octanol–water partition coefficient (Wildman–Crippen LogP) is -0.288. The van der Waals surface area contributed by atoms with Gasteiger partial charge in [-0.1, -0.05) is 0 Å². The Labute approximate surface area is 90.0 Å². The summed E-state index contributed by atoms with van der Waals surface area (Å²) in [4.78, 5) is 26.1. The minimum Gasteiger partial charge on any atom is -0.454 e. The molecule has 0 spiro atoms. The van der Waals surface area contributed by atoms with Gasteiger partial charge in [0.25, 0.3) is 5.91 Å². The van der Waals surface area contributed by atoms with Crippen molar-refractivity contribution in [2.24, 2.45) is 0 Å². The third-order valence-corrected chi connectivity index (χ3v) is 2.63. The average molecular weight is 214 g/mol. The summed E-state index contributed by atoms with van der Waals surface area (Å²) < 4.78 is 4.95. The molecular formula is C10H18N2O3. The van der Waals surface area contributed by atoms with Gasteiger partial charge in [0.1, 0.15) is 6.04 Å². The fraction of sp³-hybridized carbons (Fsp3) is 0.800. The quantitative estimate of drug-likeness (QED) is 0.606. The standard InChI is InChI=1S/C10H18N2O3/c1-11(2)9(13)7-15-10(14)8-5-4-6-12(8)3/h8H,4-7H2,1-3H3/t8-/m1/s1. The summed E-state index contributed by atoms with van der Waals surface area (Å²) in [5.41, 5.74) is 0. The monoisotopic (exact) mass is 214 g/mol. The zero-order valence-electron chi connectivity index (χ0n) is 9.52. The molecule has 1 heterocycles. The van der Waals surface area contributed by atoms with E-state index in [0.29, 0.717) is 0 Å². The van der Waals surface area contributed by atoms with Crippen LogP contribution in [0.4, 0.5) is 0 Å². The largest absolute Gasteiger partial charge is 0.454 e. The van der Waals surface area contributed by atoms with E-state index < -0.39 is 0 Å². The zero-order chi connectivity index (χ0) is 11.4. The van der Waals surface area contributed by atoms with Gasteiger partial charge in [-0.25, -0.2) is 0 Å². The van der Waals surface area contributed by atoms with Gasteiger partial charge >= 0.3 is 5.97 Å². The molecule has 1 fully saturated rings. The molecule has 1 saturated heterocycles. The number of rotatable bonds is 3. The van der Waals surface area contributed by atoms with Gasteiger partial charge < -0.3 is 9.64 Å². The first-order chi connectivity index (χ1) is 7.02. The normalized spacial score (nSPS) is 21.4. The van der Waals surface area contributed by atoms with E-state index in [0.717, 1.165) is 19.4 Å². The molecule has 5 heteroatoms. The lowest BCUT2D eigenvalue weighted by molar-refractivity contribution is -0.154. The Balaban J connectivity index is 2.33. The summed E-state index contributed by atoms with van der Waals surface area (Å²) in [7, 11) is 5.17. The molecule has 1 aliphatic heterocycles. The second-order valence-corrected chi connectivity index (χ2v) is 4.03. The molecular weight excluding hydrogens is 196 g/mol. The highest BCUT2D eigenvalue weighted by molar-refractivity contribution is 5.82. The molecule has 0 N–H and O–H groups in total. The first kappa shape index (κ1) is 12.0. The molecule has 1 rings (SSSR count). The van der Waals surface area contributed by atoms with E-state index in [1.165, 1.54) is 4.90 Å². The summed E-state index contributed by atoms with van der Waals surface area (Å²) in [6, 6.07) is -0.167. The van der Waals surface area contributed by atoms with E-state index >= 15 is 0 Å². The van der Waals surface area contributed by atoms with Crippen molar-refractivity contribution in [2.45, 2.75) is 18.9 Å². The van der Waals surface area contributed by atoms with E-state index in [1.54, 1.807) is 14.1 Å². The van der Waals surface area contributed by atoms with Crippen molar-refractivity contribution in [3.63, 3.8) is 0 Å². The number of hydrogen-bond donors (Lipinski definition) is 0. The van der Waals surface area contributed by atoms with Gasteiger partial charge in [-0.05, 0) is 26.4 Å². The minimum atomic E-state index is -0.287. The molecule has 0 unspecified atom stereocenters. The maximum Gasteiger partial charge on any atom is 0.323 e. The number of esters is 1. The molecule has 0 saturated carbocycles. The van der Waals surface area contributed by atoms with E-state index in [9.17, 15) is 9.59 Å². The van der Waals surface area contributed by atoms with Crippen LogP contribution in [0, 0.1) is 0 Å². The maximum absolute atomic E-state index is 11.5. The number of likely N-dealkylation sites (N-methyl/N-ethyl adjacent to an activating group) is 2. The molecule has 0 aliphatic carbocycles. The molecule has 0 aromatic heterocycles. The fourth-order valence-electron chi connectivity index (χ4n) is 1.57. The summed E-state index contributed by atoms with van der Waals surface area (Å²) in [6.07, 6.45) is 1.84. The Morgan fingerprint density at radius 3 is 2.60 bits per heavy atom. The summed E-state index contributed by atoms with van der Waals surface area (Å²) >= 11 is 0. The lowest BCUT2D eigenvalue weighted by Crippen LogP contribution is -2.36. The molecule has 1 atom stereocenters. The van der Waals surface area contributed by atoms with E-state index in [4.69, 9.17) is 4.74 Å².